The Bertz CT molecular complexity index is 893. The van der Waals surface area contributed by atoms with E-state index in [4.69, 9.17) is 0 Å². The lowest BCUT2D eigenvalue weighted by Gasteiger charge is -2.07. The zero-order chi connectivity index (χ0) is 14.8. The highest BCUT2D eigenvalue weighted by atomic mass is 14.9. The molecule has 0 saturated carbocycles. The third kappa shape index (κ3) is 2.40. The van der Waals surface area contributed by atoms with E-state index in [2.05, 4.69) is 70.3 Å². The molecule has 2 aromatic heterocycles. The van der Waals surface area contributed by atoms with Gasteiger partial charge in [0.15, 0.2) is 0 Å². The lowest BCUT2D eigenvalue weighted by Crippen LogP contribution is -1.97. The monoisotopic (exact) mass is 284 g/mol. The first-order chi connectivity index (χ1) is 10.9. The van der Waals surface area contributed by atoms with Crippen molar-refractivity contribution in [3.8, 4) is 11.1 Å². The number of nitrogens with zero attached hydrogens (tertiary/aromatic N) is 2. The molecule has 106 valence electrons. The fourth-order valence-electron chi connectivity index (χ4n) is 2.83. The van der Waals surface area contributed by atoms with Crippen molar-refractivity contribution in [2.75, 3.05) is 0 Å². The van der Waals surface area contributed by atoms with Gasteiger partial charge in [0.1, 0.15) is 0 Å². The van der Waals surface area contributed by atoms with Crippen molar-refractivity contribution in [1.82, 2.24) is 9.55 Å². The summed E-state index contributed by atoms with van der Waals surface area (Å²) in [5, 5.41) is 1.27. The van der Waals surface area contributed by atoms with E-state index in [1.807, 2.05) is 24.5 Å². The van der Waals surface area contributed by atoms with Gasteiger partial charge in [-0.15, -0.1) is 0 Å². The van der Waals surface area contributed by atoms with Gasteiger partial charge in [0.25, 0.3) is 0 Å². The second-order valence-corrected chi connectivity index (χ2v) is 5.44. The molecule has 4 rings (SSSR count). The van der Waals surface area contributed by atoms with Gasteiger partial charge < -0.3 is 4.57 Å². The van der Waals surface area contributed by atoms with Gasteiger partial charge in [0, 0.05) is 30.7 Å². The molecular formula is C20H16N2. The summed E-state index contributed by atoms with van der Waals surface area (Å²) in [5.74, 6) is 0. The Morgan fingerprint density at radius 3 is 2.41 bits per heavy atom. The lowest BCUT2D eigenvalue weighted by molar-refractivity contribution is 0.837. The maximum absolute atomic E-state index is 4.09. The Morgan fingerprint density at radius 1 is 0.773 bits per heavy atom. The van der Waals surface area contributed by atoms with Crippen molar-refractivity contribution in [2.45, 2.75) is 6.54 Å². The van der Waals surface area contributed by atoms with E-state index in [1.165, 1.54) is 27.6 Å². The van der Waals surface area contributed by atoms with Crippen LogP contribution in [0.25, 0.3) is 22.0 Å². The van der Waals surface area contributed by atoms with Gasteiger partial charge in [-0.1, -0.05) is 42.5 Å². The third-order valence-electron chi connectivity index (χ3n) is 3.98. The number of benzene rings is 2. The van der Waals surface area contributed by atoms with Crippen LogP contribution in [0.1, 0.15) is 5.56 Å². The number of fused-ring (bicyclic) bond motifs is 1. The molecule has 2 nitrogen and oxygen atoms in total. The van der Waals surface area contributed by atoms with Crippen LogP contribution in [0.4, 0.5) is 0 Å². The largest absolute Gasteiger partial charge is 0.343 e. The van der Waals surface area contributed by atoms with Crippen LogP contribution >= 0.6 is 0 Å². The molecule has 0 amide bonds. The van der Waals surface area contributed by atoms with Crippen molar-refractivity contribution in [3.05, 3.63) is 90.9 Å². The molecule has 2 heteroatoms. The lowest BCUT2D eigenvalue weighted by atomic mass is 10.1. The van der Waals surface area contributed by atoms with Crippen molar-refractivity contribution < 1.29 is 0 Å². The summed E-state index contributed by atoms with van der Waals surface area (Å²) in [7, 11) is 0. The average molecular weight is 284 g/mol. The number of pyridine rings is 1. The Balaban J connectivity index is 1.77. The maximum Gasteiger partial charge on any atom is 0.0489 e. The summed E-state index contributed by atoms with van der Waals surface area (Å²) in [6, 6.07) is 23.4. The molecular weight excluding hydrogens is 268 g/mol. The molecule has 2 heterocycles. The third-order valence-corrected chi connectivity index (χ3v) is 3.98. The highest BCUT2D eigenvalue weighted by Gasteiger charge is 2.04. The summed E-state index contributed by atoms with van der Waals surface area (Å²) < 4.78 is 2.30. The van der Waals surface area contributed by atoms with Crippen molar-refractivity contribution in [1.29, 1.82) is 0 Å². The van der Waals surface area contributed by atoms with Crippen LogP contribution in [-0.2, 0) is 6.54 Å². The highest BCUT2D eigenvalue weighted by molar-refractivity contribution is 5.85. The molecule has 22 heavy (non-hydrogen) atoms. The van der Waals surface area contributed by atoms with Crippen LogP contribution in [0.15, 0.2) is 85.3 Å². The maximum atomic E-state index is 4.09. The normalized spacial score (nSPS) is 10.9. The molecule has 0 aliphatic carbocycles. The zero-order valence-electron chi connectivity index (χ0n) is 12.2. The van der Waals surface area contributed by atoms with Gasteiger partial charge in [0.2, 0.25) is 0 Å². The van der Waals surface area contributed by atoms with Crippen molar-refractivity contribution in [3.63, 3.8) is 0 Å². The first kappa shape index (κ1) is 12.8. The topological polar surface area (TPSA) is 17.8 Å². The number of aromatic nitrogens is 2. The summed E-state index contributed by atoms with van der Waals surface area (Å²) in [6.07, 6.45) is 5.83. The second-order valence-electron chi connectivity index (χ2n) is 5.44. The summed E-state index contributed by atoms with van der Waals surface area (Å²) >= 11 is 0. The molecule has 0 unspecified atom stereocenters. The van der Waals surface area contributed by atoms with E-state index in [9.17, 15) is 0 Å². The molecule has 0 radical (unpaired) electrons. The minimum absolute atomic E-state index is 0.893. The first-order valence-electron chi connectivity index (χ1n) is 7.43. The summed E-state index contributed by atoms with van der Waals surface area (Å²) in [5.41, 5.74) is 5.00. The van der Waals surface area contributed by atoms with Gasteiger partial charge >= 0.3 is 0 Å². The van der Waals surface area contributed by atoms with Crippen molar-refractivity contribution >= 4 is 10.9 Å². The van der Waals surface area contributed by atoms with Crippen molar-refractivity contribution in [2.24, 2.45) is 0 Å². The molecule has 0 aliphatic rings. The van der Waals surface area contributed by atoms with Crippen LogP contribution in [0, 0.1) is 0 Å². The number of hydrogen-bond acceptors (Lipinski definition) is 1. The Kier molecular flexibility index (Phi) is 3.20. The fraction of sp³-hybridized carbons (Fsp3) is 0.0500. The molecule has 0 atom stereocenters. The van der Waals surface area contributed by atoms with E-state index in [0.717, 1.165) is 6.54 Å². The van der Waals surface area contributed by atoms with Gasteiger partial charge in [-0.3, -0.25) is 4.98 Å². The minimum atomic E-state index is 0.893. The Hall–Kier alpha value is -2.87. The Labute approximate surface area is 129 Å². The van der Waals surface area contributed by atoms with Crippen LogP contribution < -0.4 is 0 Å². The second kappa shape index (κ2) is 5.49. The van der Waals surface area contributed by atoms with E-state index < -0.39 is 0 Å². The zero-order valence-corrected chi connectivity index (χ0v) is 12.2. The smallest absolute Gasteiger partial charge is 0.0489 e. The predicted molar refractivity (Wildman–Crippen MR) is 90.7 cm³/mol. The molecule has 0 saturated heterocycles. The van der Waals surface area contributed by atoms with Crippen LogP contribution in [0.3, 0.4) is 0 Å². The molecule has 0 spiro atoms. The van der Waals surface area contributed by atoms with E-state index in [-0.39, 0.29) is 0 Å². The number of hydrogen-bond donors (Lipinski definition) is 0. The van der Waals surface area contributed by atoms with Crippen LogP contribution in [-0.4, -0.2) is 9.55 Å². The molecule has 0 bridgehead atoms. The van der Waals surface area contributed by atoms with Gasteiger partial charge in [0.05, 0.1) is 0 Å². The van der Waals surface area contributed by atoms with E-state index in [1.54, 1.807) is 0 Å². The molecule has 2 aromatic carbocycles. The van der Waals surface area contributed by atoms with E-state index in [0.29, 0.717) is 0 Å². The molecule has 4 aromatic rings. The van der Waals surface area contributed by atoms with E-state index >= 15 is 0 Å². The summed E-state index contributed by atoms with van der Waals surface area (Å²) in [6.45, 7) is 0.893. The summed E-state index contributed by atoms with van der Waals surface area (Å²) in [4.78, 5) is 4.09. The highest BCUT2D eigenvalue weighted by Crippen LogP contribution is 2.25. The van der Waals surface area contributed by atoms with Gasteiger partial charge in [-0.2, -0.15) is 0 Å². The van der Waals surface area contributed by atoms with Crippen LogP contribution in [0.5, 0.6) is 0 Å². The molecule has 0 aliphatic heterocycles. The standard InChI is InChI=1S/C20H16N2/c1-2-4-16(5-3-1)15-22-13-10-18-6-7-19(14-20(18)22)17-8-11-21-12-9-17/h1-14H,15H2. The van der Waals surface area contributed by atoms with Crippen LogP contribution in [0.2, 0.25) is 0 Å². The Morgan fingerprint density at radius 2 is 1.59 bits per heavy atom. The first-order valence-corrected chi connectivity index (χ1v) is 7.43. The average Bonchev–Trinajstić information content (AvgIpc) is 2.99. The fourth-order valence-corrected chi connectivity index (χ4v) is 2.83. The van der Waals surface area contributed by atoms with Gasteiger partial charge in [-0.25, -0.2) is 0 Å². The quantitative estimate of drug-likeness (QED) is 0.531. The predicted octanol–water partition coefficient (Wildman–Crippen LogP) is 4.75. The SMILES string of the molecule is c1ccc(Cn2ccc3ccc(-c4ccncc4)cc32)cc1. The molecule has 0 N–H and O–H groups in total. The minimum Gasteiger partial charge on any atom is -0.343 e. The molecule has 0 fully saturated rings. The number of rotatable bonds is 3. The van der Waals surface area contributed by atoms with Gasteiger partial charge in [-0.05, 0) is 46.3 Å².